The Morgan fingerprint density at radius 1 is 1.32 bits per heavy atom. The largest absolute Gasteiger partial charge is 0.458 e. The summed E-state index contributed by atoms with van der Waals surface area (Å²) < 4.78 is 11.4. The van der Waals surface area contributed by atoms with Gasteiger partial charge in [-0.05, 0) is 70.8 Å². The number of esters is 2. The third kappa shape index (κ3) is 6.06. The molecule has 1 aliphatic heterocycles. The van der Waals surface area contributed by atoms with Crippen LogP contribution in [-0.2, 0) is 19.1 Å². The Morgan fingerprint density at radius 3 is 2.71 bits per heavy atom. The van der Waals surface area contributed by atoms with Gasteiger partial charge >= 0.3 is 11.9 Å². The summed E-state index contributed by atoms with van der Waals surface area (Å²) in [5.41, 5.74) is 2.03. The molecule has 1 aliphatic carbocycles. The molecule has 156 valence electrons. The second-order valence-corrected chi connectivity index (χ2v) is 8.48. The zero-order valence-corrected chi connectivity index (χ0v) is 17.6. The summed E-state index contributed by atoms with van der Waals surface area (Å²) >= 11 is 0. The van der Waals surface area contributed by atoms with Crippen molar-refractivity contribution in [3.63, 3.8) is 0 Å². The maximum Gasteiger partial charge on any atom is 0.310 e. The number of rotatable bonds is 1. The van der Waals surface area contributed by atoms with Gasteiger partial charge in [0.1, 0.15) is 11.7 Å². The highest BCUT2D eigenvalue weighted by molar-refractivity contribution is 5.73. The predicted molar refractivity (Wildman–Crippen MR) is 109 cm³/mol. The van der Waals surface area contributed by atoms with Crippen molar-refractivity contribution in [3.8, 4) is 0 Å². The fraction of sp³-hybridized carbons (Fsp3) is 0.652. The summed E-state index contributed by atoms with van der Waals surface area (Å²) in [6, 6.07) is 0. The molecule has 2 bridgehead atoms. The van der Waals surface area contributed by atoms with Crippen LogP contribution in [0, 0.1) is 5.92 Å². The van der Waals surface area contributed by atoms with Crippen LogP contribution in [-0.4, -0.2) is 34.9 Å². The normalized spacial score (nSPS) is 34.8. The van der Waals surface area contributed by atoms with Crippen LogP contribution in [0.15, 0.2) is 35.5 Å². The minimum absolute atomic E-state index is 0.0173. The third-order valence-corrected chi connectivity index (χ3v) is 6.01. The summed E-state index contributed by atoms with van der Waals surface area (Å²) in [5, 5.41) is 10.6. The molecule has 2 rings (SSSR count). The first kappa shape index (κ1) is 22.4. The van der Waals surface area contributed by atoms with E-state index in [4.69, 9.17) is 9.47 Å². The molecular weight excluding hydrogens is 356 g/mol. The summed E-state index contributed by atoms with van der Waals surface area (Å²) in [6.45, 7) is 11.3. The molecule has 0 aromatic carbocycles. The molecule has 0 saturated carbocycles. The number of aliphatic hydroxyl groups excluding tert-OH is 1. The molecule has 0 amide bonds. The highest BCUT2D eigenvalue weighted by Gasteiger charge is 2.42. The Labute approximate surface area is 168 Å². The third-order valence-electron chi connectivity index (χ3n) is 6.01. The predicted octanol–water partition coefficient (Wildman–Crippen LogP) is 4.40. The molecule has 2 aliphatic rings. The molecule has 0 spiro atoms. The molecule has 1 fully saturated rings. The van der Waals surface area contributed by atoms with Gasteiger partial charge in [-0.15, -0.1) is 0 Å². The van der Waals surface area contributed by atoms with E-state index in [9.17, 15) is 14.7 Å². The molecule has 0 radical (unpaired) electrons. The number of carbonyl (C=O) groups is 2. The van der Waals surface area contributed by atoms with E-state index in [0.717, 1.165) is 30.4 Å². The molecule has 1 saturated heterocycles. The highest BCUT2D eigenvalue weighted by Crippen LogP contribution is 2.37. The Balaban J connectivity index is 2.40. The highest BCUT2D eigenvalue weighted by atomic mass is 16.6. The lowest BCUT2D eigenvalue weighted by atomic mass is 9.79. The van der Waals surface area contributed by atoms with Gasteiger partial charge in [-0.2, -0.15) is 0 Å². The van der Waals surface area contributed by atoms with Crippen molar-refractivity contribution in [2.45, 2.75) is 90.4 Å². The van der Waals surface area contributed by atoms with Crippen molar-refractivity contribution in [2.24, 2.45) is 5.92 Å². The molecule has 0 unspecified atom stereocenters. The summed E-state index contributed by atoms with van der Waals surface area (Å²) in [4.78, 5) is 24.2. The fourth-order valence-corrected chi connectivity index (χ4v) is 4.04. The van der Waals surface area contributed by atoms with Gasteiger partial charge in [0.15, 0.2) is 0 Å². The van der Waals surface area contributed by atoms with Gasteiger partial charge < -0.3 is 14.6 Å². The van der Waals surface area contributed by atoms with Gasteiger partial charge in [-0.3, -0.25) is 9.59 Å². The van der Waals surface area contributed by atoms with Crippen molar-refractivity contribution < 1.29 is 24.2 Å². The lowest BCUT2D eigenvalue weighted by molar-refractivity contribution is -0.186. The minimum atomic E-state index is -0.887. The topological polar surface area (TPSA) is 72.8 Å². The number of fused-ring (bicyclic) bond motifs is 3. The van der Waals surface area contributed by atoms with Crippen LogP contribution in [0.1, 0.15) is 72.6 Å². The molecular formula is C23H34O5. The van der Waals surface area contributed by atoms with Crippen LogP contribution in [0.25, 0.3) is 0 Å². The van der Waals surface area contributed by atoms with Crippen LogP contribution < -0.4 is 0 Å². The molecule has 0 aromatic rings. The quantitative estimate of drug-likeness (QED) is 0.530. The number of aliphatic hydroxyl groups is 1. The summed E-state index contributed by atoms with van der Waals surface area (Å²) in [5.74, 6) is -0.707. The zero-order chi connectivity index (χ0) is 20.9. The van der Waals surface area contributed by atoms with Crippen molar-refractivity contribution in [2.75, 3.05) is 0 Å². The van der Waals surface area contributed by atoms with Crippen molar-refractivity contribution in [3.05, 3.63) is 35.5 Å². The van der Waals surface area contributed by atoms with Crippen molar-refractivity contribution >= 4 is 11.9 Å². The standard InChI is InChI=1S/C23H34O5/c1-15-7-6-8-16(2)20(25)14-19-11-12-23(5,28-22(26)13-17(19)3)21(10-9-15)27-18(4)24/h7-8,19-21,25H,3,6,9-14H2,1-2,4-5H3/b15-7?,16-8+/t19-,20-,21+,23-/m1/s1. The smallest absolute Gasteiger partial charge is 0.310 e. The Bertz CT molecular complexity index is 674. The second kappa shape index (κ2) is 9.55. The lowest BCUT2D eigenvalue weighted by Crippen LogP contribution is -2.47. The van der Waals surface area contributed by atoms with E-state index in [0.29, 0.717) is 19.3 Å². The molecule has 4 atom stereocenters. The fourth-order valence-electron chi connectivity index (χ4n) is 4.04. The number of allylic oxidation sites excluding steroid dienone is 3. The van der Waals surface area contributed by atoms with Gasteiger partial charge in [0.25, 0.3) is 0 Å². The van der Waals surface area contributed by atoms with E-state index in [2.05, 4.69) is 12.7 Å². The number of hydrogen-bond acceptors (Lipinski definition) is 5. The summed E-state index contributed by atoms with van der Waals surface area (Å²) in [7, 11) is 0. The van der Waals surface area contributed by atoms with E-state index in [1.807, 2.05) is 26.8 Å². The van der Waals surface area contributed by atoms with Crippen LogP contribution in [0.2, 0.25) is 0 Å². The first-order valence-corrected chi connectivity index (χ1v) is 10.2. The average Bonchev–Trinajstić information content (AvgIpc) is 2.59. The van der Waals surface area contributed by atoms with E-state index in [-0.39, 0.29) is 24.3 Å². The van der Waals surface area contributed by atoms with Crippen molar-refractivity contribution in [1.29, 1.82) is 0 Å². The van der Waals surface area contributed by atoms with E-state index in [1.165, 1.54) is 12.5 Å². The van der Waals surface area contributed by atoms with Crippen LogP contribution in [0.4, 0.5) is 0 Å². The van der Waals surface area contributed by atoms with Gasteiger partial charge in [-0.25, -0.2) is 0 Å². The lowest BCUT2D eigenvalue weighted by Gasteiger charge is -2.40. The Morgan fingerprint density at radius 2 is 2.04 bits per heavy atom. The minimum Gasteiger partial charge on any atom is -0.458 e. The van der Waals surface area contributed by atoms with Crippen LogP contribution in [0.3, 0.4) is 0 Å². The zero-order valence-electron chi connectivity index (χ0n) is 17.6. The van der Waals surface area contributed by atoms with Gasteiger partial charge in [0.05, 0.1) is 12.5 Å². The maximum absolute atomic E-state index is 12.5. The van der Waals surface area contributed by atoms with Gasteiger partial charge in [-0.1, -0.05) is 29.9 Å². The summed E-state index contributed by atoms with van der Waals surface area (Å²) in [6.07, 6.45) is 7.14. The monoisotopic (exact) mass is 390 g/mol. The molecule has 0 aromatic heterocycles. The Hall–Kier alpha value is -1.88. The first-order chi connectivity index (χ1) is 13.1. The van der Waals surface area contributed by atoms with Gasteiger partial charge in [0.2, 0.25) is 0 Å². The van der Waals surface area contributed by atoms with E-state index in [1.54, 1.807) is 0 Å². The van der Waals surface area contributed by atoms with Crippen LogP contribution >= 0.6 is 0 Å². The maximum atomic E-state index is 12.5. The number of ether oxygens (including phenoxy) is 2. The first-order valence-electron chi connectivity index (χ1n) is 10.2. The van der Waals surface area contributed by atoms with Crippen LogP contribution in [0.5, 0.6) is 0 Å². The molecule has 1 N–H and O–H groups in total. The second-order valence-electron chi connectivity index (χ2n) is 8.48. The number of carbonyl (C=O) groups excluding carboxylic acids is 2. The van der Waals surface area contributed by atoms with Gasteiger partial charge in [0, 0.05) is 6.92 Å². The molecule has 5 heteroatoms. The van der Waals surface area contributed by atoms with Crippen molar-refractivity contribution in [1.82, 2.24) is 0 Å². The SMILES string of the molecule is C=C1CC(=O)O[C@]2(C)CC[C@@H]1C[C@@H](O)/C(C)=C/CC=C(C)CC[C@@H]2OC(C)=O. The van der Waals surface area contributed by atoms with E-state index >= 15 is 0 Å². The van der Waals surface area contributed by atoms with E-state index < -0.39 is 17.8 Å². The number of hydrogen-bond donors (Lipinski definition) is 1. The average molecular weight is 391 g/mol. The Kier molecular flexibility index (Phi) is 7.64. The molecule has 28 heavy (non-hydrogen) atoms. The molecule has 1 heterocycles. The molecule has 5 nitrogen and oxygen atoms in total.